The maximum absolute atomic E-state index is 13.3. The molecule has 0 radical (unpaired) electrons. The summed E-state index contributed by atoms with van der Waals surface area (Å²) in [5, 5.41) is 3.23. The fourth-order valence-electron chi connectivity index (χ4n) is 4.23. The minimum absolute atomic E-state index is 0.0728. The maximum atomic E-state index is 13.3. The lowest BCUT2D eigenvalue weighted by molar-refractivity contribution is -0.129. The molecule has 7 heteroatoms. The molecule has 0 aliphatic carbocycles. The number of hydrogen-bond donors (Lipinski definition) is 0. The lowest BCUT2D eigenvalue weighted by Crippen LogP contribution is -2.37. The Kier molecular flexibility index (Phi) is 5.85. The predicted molar refractivity (Wildman–Crippen MR) is 136 cm³/mol. The van der Waals surface area contributed by atoms with E-state index in [4.69, 9.17) is 4.98 Å². The van der Waals surface area contributed by atoms with Crippen molar-refractivity contribution in [2.24, 2.45) is 7.05 Å². The van der Waals surface area contributed by atoms with Gasteiger partial charge in [0.2, 0.25) is 5.91 Å². The summed E-state index contributed by atoms with van der Waals surface area (Å²) in [6, 6.07) is 14.5. The number of carbonyl (C=O) groups excluding carboxylic acids is 1. The number of nitrogens with zero attached hydrogens (tertiary/aromatic N) is 3. The fraction of sp³-hybridized carbons (Fsp3) is 0.269. The van der Waals surface area contributed by atoms with Crippen LogP contribution < -0.4 is 5.56 Å². The van der Waals surface area contributed by atoms with E-state index in [-0.39, 0.29) is 17.2 Å². The Morgan fingerprint density at radius 2 is 1.91 bits per heavy atom. The van der Waals surface area contributed by atoms with Crippen molar-refractivity contribution in [3.8, 4) is 11.1 Å². The molecule has 168 valence electrons. The normalized spacial score (nSPS) is 13.4. The Morgan fingerprint density at radius 3 is 2.70 bits per heavy atom. The zero-order valence-corrected chi connectivity index (χ0v) is 20.6. The highest BCUT2D eigenvalue weighted by Gasteiger charge is 2.22. The number of aromatic nitrogens is 2. The highest BCUT2D eigenvalue weighted by Crippen LogP contribution is 2.33. The fourth-order valence-corrected chi connectivity index (χ4v) is 6.09. The molecule has 0 atom stereocenters. The summed E-state index contributed by atoms with van der Waals surface area (Å²) in [6.07, 6.45) is 0.881. The summed E-state index contributed by atoms with van der Waals surface area (Å²) < 4.78 is 1.57. The van der Waals surface area contributed by atoms with E-state index >= 15 is 0 Å². The molecular weight excluding hydrogens is 450 g/mol. The van der Waals surface area contributed by atoms with Gasteiger partial charge in [-0.3, -0.25) is 14.2 Å². The standard InChI is InChI=1S/C26H25N3O2S2/c1-16-8-9-19(12-17(16)2)21-14-32-24-23(21)25(31)28(3)26(27-24)33-15-22(30)29-11-10-18-6-4-5-7-20(18)13-29/h4-9,12,14H,10-11,13,15H2,1-3H3. The van der Waals surface area contributed by atoms with E-state index in [2.05, 4.69) is 44.2 Å². The molecular formula is C26H25N3O2S2. The van der Waals surface area contributed by atoms with Crippen molar-refractivity contribution in [2.75, 3.05) is 12.3 Å². The van der Waals surface area contributed by atoms with Crippen molar-refractivity contribution in [3.63, 3.8) is 0 Å². The van der Waals surface area contributed by atoms with E-state index in [1.165, 1.54) is 45.4 Å². The maximum Gasteiger partial charge on any atom is 0.263 e. The summed E-state index contributed by atoms with van der Waals surface area (Å²) in [4.78, 5) is 33.5. The molecule has 2 aromatic carbocycles. The summed E-state index contributed by atoms with van der Waals surface area (Å²) in [5.41, 5.74) is 6.84. The van der Waals surface area contributed by atoms with E-state index in [0.717, 1.165) is 24.1 Å². The van der Waals surface area contributed by atoms with Gasteiger partial charge in [-0.25, -0.2) is 4.98 Å². The van der Waals surface area contributed by atoms with Crippen LogP contribution in [0, 0.1) is 13.8 Å². The van der Waals surface area contributed by atoms with Crippen molar-refractivity contribution in [1.82, 2.24) is 14.5 Å². The minimum atomic E-state index is -0.0728. The molecule has 0 fully saturated rings. The highest BCUT2D eigenvalue weighted by molar-refractivity contribution is 7.99. The minimum Gasteiger partial charge on any atom is -0.337 e. The zero-order valence-electron chi connectivity index (χ0n) is 18.9. The average Bonchev–Trinajstić information content (AvgIpc) is 3.25. The zero-order chi connectivity index (χ0) is 23.1. The SMILES string of the molecule is Cc1ccc(-c2csc3nc(SCC(=O)N4CCc5ccccc5C4)n(C)c(=O)c23)cc1C. The van der Waals surface area contributed by atoms with E-state index < -0.39 is 0 Å². The number of benzene rings is 2. The molecule has 33 heavy (non-hydrogen) atoms. The van der Waals surface area contributed by atoms with Crippen molar-refractivity contribution >= 4 is 39.2 Å². The van der Waals surface area contributed by atoms with Gasteiger partial charge in [-0.1, -0.05) is 54.2 Å². The van der Waals surface area contributed by atoms with Crippen LogP contribution in [0.4, 0.5) is 0 Å². The third kappa shape index (κ3) is 4.11. The molecule has 5 rings (SSSR count). The molecule has 1 aliphatic rings. The third-order valence-corrected chi connectivity index (χ3v) is 8.29. The Hall–Kier alpha value is -2.90. The molecule has 0 N–H and O–H groups in total. The van der Waals surface area contributed by atoms with Gasteiger partial charge in [0.1, 0.15) is 4.83 Å². The van der Waals surface area contributed by atoms with E-state index in [1.807, 2.05) is 22.4 Å². The van der Waals surface area contributed by atoms with Crippen LogP contribution in [-0.2, 0) is 24.8 Å². The van der Waals surface area contributed by atoms with E-state index in [1.54, 1.807) is 11.6 Å². The van der Waals surface area contributed by atoms with Crippen molar-refractivity contribution in [2.45, 2.75) is 32.0 Å². The molecule has 2 aromatic heterocycles. The molecule has 1 amide bonds. The van der Waals surface area contributed by atoms with Crippen LogP contribution in [0.15, 0.2) is 57.8 Å². The molecule has 0 saturated heterocycles. The Morgan fingerprint density at radius 1 is 1.12 bits per heavy atom. The number of rotatable bonds is 4. The second-order valence-corrected chi connectivity index (χ2v) is 10.3. The number of aryl methyl sites for hydroxylation is 2. The first kappa shape index (κ1) is 21.9. The first-order valence-electron chi connectivity index (χ1n) is 11.0. The second-order valence-electron chi connectivity index (χ2n) is 8.51. The second kappa shape index (κ2) is 8.80. The summed E-state index contributed by atoms with van der Waals surface area (Å²) in [6.45, 7) is 5.53. The number of fused-ring (bicyclic) bond motifs is 2. The largest absolute Gasteiger partial charge is 0.337 e. The third-order valence-electron chi connectivity index (χ3n) is 6.40. The molecule has 0 bridgehead atoms. The van der Waals surface area contributed by atoms with Crippen molar-refractivity contribution in [1.29, 1.82) is 0 Å². The summed E-state index contributed by atoms with van der Waals surface area (Å²) >= 11 is 2.81. The van der Waals surface area contributed by atoms with Gasteiger partial charge >= 0.3 is 0 Å². The van der Waals surface area contributed by atoms with Crippen LogP contribution in [0.25, 0.3) is 21.3 Å². The highest BCUT2D eigenvalue weighted by atomic mass is 32.2. The first-order chi connectivity index (χ1) is 15.9. The average molecular weight is 476 g/mol. The number of amides is 1. The van der Waals surface area contributed by atoms with Gasteiger partial charge in [0.15, 0.2) is 5.16 Å². The van der Waals surface area contributed by atoms with Crippen LogP contribution in [0.5, 0.6) is 0 Å². The van der Waals surface area contributed by atoms with Crippen LogP contribution in [-0.4, -0.2) is 32.7 Å². The molecule has 5 nitrogen and oxygen atoms in total. The van der Waals surface area contributed by atoms with Gasteiger partial charge in [0.25, 0.3) is 5.56 Å². The predicted octanol–water partition coefficient (Wildman–Crippen LogP) is 4.96. The Balaban J connectivity index is 1.37. The lowest BCUT2D eigenvalue weighted by Gasteiger charge is -2.28. The monoisotopic (exact) mass is 475 g/mol. The molecule has 1 aliphatic heterocycles. The van der Waals surface area contributed by atoms with E-state index in [0.29, 0.717) is 21.9 Å². The van der Waals surface area contributed by atoms with Gasteiger partial charge in [-0.2, -0.15) is 0 Å². The van der Waals surface area contributed by atoms with Gasteiger partial charge < -0.3 is 4.90 Å². The molecule has 0 spiro atoms. The summed E-state index contributed by atoms with van der Waals surface area (Å²) in [5.74, 6) is 0.342. The lowest BCUT2D eigenvalue weighted by atomic mass is 10.00. The van der Waals surface area contributed by atoms with Gasteiger partial charge in [-0.05, 0) is 48.1 Å². The summed E-state index contributed by atoms with van der Waals surface area (Å²) in [7, 11) is 1.74. The van der Waals surface area contributed by atoms with Crippen molar-refractivity contribution in [3.05, 3.63) is 80.5 Å². The number of hydrogen-bond acceptors (Lipinski definition) is 5. The van der Waals surface area contributed by atoms with Crippen LogP contribution >= 0.6 is 23.1 Å². The first-order valence-corrected chi connectivity index (χ1v) is 12.8. The topological polar surface area (TPSA) is 55.2 Å². The van der Waals surface area contributed by atoms with Crippen LogP contribution in [0.2, 0.25) is 0 Å². The number of thioether (sulfide) groups is 1. The van der Waals surface area contributed by atoms with E-state index in [9.17, 15) is 9.59 Å². The molecule has 0 unspecified atom stereocenters. The number of carbonyl (C=O) groups is 1. The van der Waals surface area contributed by atoms with Crippen LogP contribution in [0.3, 0.4) is 0 Å². The Labute approximate surface area is 201 Å². The van der Waals surface area contributed by atoms with Gasteiger partial charge in [0.05, 0.1) is 11.1 Å². The van der Waals surface area contributed by atoms with Gasteiger partial charge in [-0.15, -0.1) is 11.3 Å². The van der Waals surface area contributed by atoms with Crippen molar-refractivity contribution < 1.29 is 4.79 Å². The smallest absolute Gasteiger partial charge is 0.263 e. The molecule has 3 heterocycles. The molecule has 4 aromatic rings. The van der Waals surface area contributed by atoms with Crippen LogP contribution in [0.1, 0.15) is 22.3 Å². The molecule has 0 saturated carbocycles. The van der Waals surface area contributed by atoms with Gasteiger partial charge in [0, 0.05) is 31.1 Å². The Bertz CT molecular complexity index is 1440. The number of thiophene rings is 1. The quantitative estimate of drug-likeness (QED) is 0.309.